The van der Waals surface area contributed by atoms with Gasteiger partial charge in [-0.25, -0.2) is 0 Å². The van der Waals surface area contributed by atoms with Gasteiger partial charge in [0.25, 0.3) is 0 Å². The molecule has 0 aromatic carbocycles. The van der Waals surface area contributed by atoms with Crippen molar-refractivity contribution >= 4 is 0 Å². The molecule has 0 bridgehead atoms. The Morgan fingerprint density at radius 3 is 1.00 bits per heavy atom. The van der Waals surface area contributed by atoms with Crippen LogP contribution in [0.5, 0.6) is 0 Å². The molecule has 0 aliphatic rings. The maximum absolute atomic E-state index is 2.62. The second kappa shape index (κ2) is 12.4. The molecule has 2 nitrogen and oxygen atoms in total. The quantitative estimate of drug-likeness (QED) is 0.516. The van der Waals surface area contributed by atoms with Crippen LogP contribution in [0.15, 0.2) is 0 Å². The van der Waals surface area contributed by atoms with Gasteiger partial charge in [-0.3, -0.25) is 0 Å². The molecular weight excluding hydrogens is 208 g/mol. The molecule has 0 N–H and O–H groups in total. The van der Waals surface area contributed by atoms with Crippen LogP contribution < -0.4 is 0 Å². The molecule has 0 unspecified atom stereocenters. The standard InChI is InChI=1S/C15H34N2/c1-5-10-16(11-6-2)14-9-15-17(12-7-3)13-8-4/h5-15H2,1-4H3. The topological polar surface area (TPSA) is 6.48 Å². The van der Waals surface area contributed by atoms with Gasteiger partial charge in [0, 0.05) is 0 Å². The smallest absolute Gasteiger partial charge is 0.000655 e. The molecule has 0 saturated heterocycles. The fourth-order valence-electron chi connectivity index (χ4n) is 2.45. The number of hydrogen-bond donors (Lipinski definition) is 0. The molecule has 17 heavy (non-hydrogen) atoms. The Morgan fingerprint density at radius 1 is 0.471 bits per heavy atom. The first-order valence-electron chi connectivity index (χ1n) is 7.73. The first-order valence-corrected chi connectivity index (χ1v) is 7.73. The lowest BCUT2D eigenvalue weighted by Gasteiger charge is -2.24. The maximum Gasteiger partial charge on any atom is -0.000655 e. The van der Waals surface area contributed by atoms with E-state index in [2.05, 4.69) is 37.5 Å². The van der Waals surface area contributed by atoms with Crippen LogP contribution in [0.2, 0.25) is 0 Å². The summed E-state index contributed by atoms with van der Waals surface area (Å²) in [7, 11) is 0. The van der Waals surface area contributed by atoms with Crippen molar-refractivity contribution in [2.24, 2.45) is 0 Å². The molecule has 2 heteroatoms. The Balaban J connectivity index is 3.73. The second-order valence-electron chi connectivity index (χ2n) is 5.04. The lowest BCUT2D eigenvalue weighted by atomic mass is 10.3. The molecule has 0 spiro atoms. The summed E-state index contributed by atoms with van der Waals surface area (Å²) in [5.74, 6) is 0. The lowest BCUT2D eigenvalue weighted by Crippen LogP contribution is -2.32. The monoisotopic (exact) mass is 242 g/mol. The average Bonchev–Trinajstić information content (AvgIpc) is 2.30. The van der Waals surface area contributed by atoms with E-state index >= 15 is 0 Å². The third kappa shape index (κ3) is 9.61. The van der Waals surface area contributed by atoms with Crippen molar-refractivity contribution in [3.05, 3.63) is 0 Å². The minimum Gasteiger partial charge on any atom is -0.303 e. The van der Waals surface area contributed by atoms with E-state index in [0.29, 0.717) is 0 Å². The first-order chi connectivity index (χ1) is 8.28. The van der Waals surface area contributed by atoms with Gasteiger partial charge in [-0.1, -0.05) is 27.7 Å². The molecule has 0 atom stereocenters. The van der Waals surface area contributed by atoms with E-state index < -0.39 is 0 Å². The number of rotatable bonds is 12. The van der Waals surface area contributed by atoms with E-state index in [9.17, 15) is 0 Å². The molecule has 0 aromatic rings. The van der Waals surface area contributed by atoms with Crippen molar-refractivity contribution in [3.8, 4) is 0 Å². The van der Waals surface area contributed by atoms with Crippen molar-refractivity contribution in [2.45, 2.75) is 59.8 Å². The Labute approximate surface area is 109 Å². The Bertz CT molecular complexity index is 120. The van der Waals surface area contributed by atoms with Crippen LogP contribution in [0.3, 0.4) is 0 Å². The highest BCUT2D eigenvalue weighted by atomic mass is 15.1. The zero-order valence-electron chi connectivity index (χ0n) is 12.7. The summed E-state index contributed by atoms with van der Waals surface area (Å²) in [6, 6.07) is 0. The molecule has 104 valence electrons. The van der Waals surface area contributed by atoms with Gasteiger partial charge in [-0.15, -0.1) is 0 Å². The highest BCUT2D eigenvalue weighted by molar-refractivity contribution is 4.61. The third-order valence-corrected chi connectivity index (χ3v) is 3.11. The summed E-state index contributed by atoms with van der Waals surface area (Å²) in [5, 5.41) is 0. The zero-order chi connectivity index (χ0) is 12.9. The predicted octanol–water partition coefficient (Wildman–Crippen LogP) is 3.62. The van der Waals surface area contributed by atoms with Gasteiger partial charge in [-0.2, -0.15) is 0 Å². The van der Waals surface area contributed by atoms with Gasteiger partial charge < -0.3 is 9.80 Å². The molecule has 0 radical (unpaired) electrons. The average molecular weight is 242 g/mol. The SMILES string of the molecule is CCCN(CCC)CCCN(CCC)CCC. The van der Waals surface area contributed by atoms with Crippen molar-refractivity contribution < 1.29 is 0 Å². The normalized spacial score (nSPS) is 11.6. The minimum absolute atomic E-state index is 1.27. The summed E-state index contributed by atoms with van der Waals surface area (Å²) in [5.41, 5.74) is 0. The first kappa shape index (κ1) is 16.9. The highest BCUT2D eigenvalue weighted by Crippen LogP contribution is 2.00. The Kier molecular flexibility index (Phi) is 12.3. The molecule has 0 rings (SSSR count). The summed E-state index contributed by atoms with van der Waals surface area (Å²) < 4.78 is 0. The van der Waals surface area contributed by atoms with E-state index in [0.717, 1.165) is 0 Å². The van der Waals surface area contributed by atoms with E-state index in [1.54, 1.807) is 0 Å². The van der Waals surface area contributed by atoms with Gasteiger partial charge in [0.15, 0.2) is 0 Å². The van der Waals surface area contributed by atoms with Crippen LogP contribution in [0.1, 0.15) is 59.8 Å². The molecule has 0 amide bonds. The number of hydrogen-bond acceptors (Lipinski definition) is 2. The molecule has 0 saturated carbocycles. The van der Waals surface area contributed by atoms with Gasteiger partial charge in [0.05, 0.1) is 0 Å². The molecule has 0 heterocycles. The molecule has 0 fully saturated rings. The van der Waals surface area contributed by atoms with Gasteiger partial charge in [-0.05, 0) is 71.4 Å². The van der Waals surface area contributed by atoms with Crippen LogP contribution in [0.25, 0.3) is 0 Å². The maximum atomic E-state index is 2.62. The van der Waals surface area contributed by atoms with Crippen LogP contribution in [0, 0.1) is 0 Å². The van der Waals surface area contributed by atoms with Crippen LogP contribution >= 0.6 is 0 Å². The molecule has 0 aliphatic heterocycles. The summed E-state index contributed by atoms with van der Waals surface area (Å²) in [4.78, 5) is 5.24. The minimum atomic E-state index is 1.27. The lowest BCUT2D eigenvalue weighted by molar-refractivity contribution is 0.226. The van der Waals surface area contributed by atoms with Crippen molar-refractivity contribution in [1.82, 2.24) is 9.80 Å². The molecular formula is C15H34N2. The van der Waals surface area contributed by atoms with E-state index in [4.69, 9.17) is 0 Å². The van der Waals surface area contributed by atoms with Gasteiger partial charge in [0.1, 0.15) is 0 Å². The molecule has 0 aliphatic carbocycles. The summed E-state index contributed by atoms with van der Waals surface area (Å²) in [6.45, 7) is 16.8. The third-order valence-electron chi connectivity index (χ3n) is 3.11. The van der Waals surface area contributed by atoms with E-state index in [1.165, 1.54) is 71.4 Å². The van der Waals surface area contributed by atoms with Crippen LogP contribution in [0.4, 0.5) is 0 Å². The fourth-order valence-corrected chi connectivity index (χ4v) is 2.45. The van der Waals surface area contributed by atoms with Crippen molar-refractivity contribution in [2.75, 3.05) is 39.3 Å². The van der Waals surface area contributed by atoms with Crippen molar-refractivity contribution in [3.63, 3.8) is 0 Å². The van der Waals surface area contributed by atoms with Gasteiger partial charge >= 0.3 is 0 Å². The Morgan fingerprint density at radius 2 is 0.765 bits per heavy atom. The van der Waals surface area contributed by atoms with Crippen molar-refractivity contribution in [1.29, 1.82) is 0 Å². The largest absolute Gasteiger partial charge is 0.303 e. The van der Waals surface area contributed by atoms with E-state index in [-0.39, 0.29) is 0 Å². The summed E-state index contributed by atoms with van der Waals surface area (Å²) >= 11 is 0. The Hall–Kier alpha value is -0.0800. The number of nitrogens with zero attached hydrogens (tertiary/aromatic N) is 2. The predicted molar refractivity (Wildman–Crippen MR) is 78.7 cm³/mol. The summed E-state index contributed by atoms with van der Waals surface area (Å²) in [6.07, 6.45) is 6.47. The fraction of sp³-hybridized carbons (Fsp3) is 1.00. The van der Waals surface area contributed by atoms with Crippen LogP contribution in [-0.4, -0.2) is 49.1 Å². The van der Waals surface area contributed by atoms with Gasteiger partial charge in [0.2, 0.25) is 0 Å². The second-order valence-corrected chi connectivity index (χ2v) is 5.04. The highest BCUT2D eigenvalue weighted by Gasteiger charge is 2.05. The zero-order valence-corrected chi connectivity index (χ0v) is 12.7. The van der Waals surface area contributed by atoms with Crippen LogP contribution in [-0.2, 0) is 0 Å². The van der Waals surface area contributed by atoms with E-state index in [1.807, 2.05) is 0 Å². The molecule has 0 aromatic heterocycles.